The van der Waals surface area contributed by atoms with Gasteiger partial charge in [0.15, 0.2) is 0 Å². The summed E-state index contributed by atoms with van der Waals surface area (Å²) in [6, 6.07) is 0. The van der Waals surface area contributed by atoms with Gasteiger partial charge >= 0.3 is 61.8 Å². The Balaban J connectivity index is -0.0000000133. The second-order valence-corrected chi connectivity index (χ2v) is 1.34. The van der Waals surface area contributed by atoms with Crippen molar-refractivity contribution in [3.05, 3.63) is 0 Å². The molecule has 40 valence electrons. The van der Waals surface area contributed by atoms with Gasteiger partial charge in [-0.3, -0.25) is 9.11 Å². The Morgan fingerprint density at radius 2 is 1.25 bits per heavy atom. The van der Waals surface area contributed by atoms with E-state index in [-0.39, 0.29) is 94.0 Å². The minimum absolute atomic E-state index is 0. The molecule has 0 spiro atoms. The number of hydrogen-bond donors (Lipinski definition) is 2. The summed E-state index contributed by atoms with van der Waals surface area (Å²) in [5.74, 6) is 0. The zero-order valence-electron chi connectivity index (χ0n) is 5.33. The Labute approximate surface area is 119 Å². The van der Waals surface area contributed by atoms with Crippen molar-refractivity contribution < 1.29 is 112 Å². The van der Waals surface area contributed by atoms with Crippen molar-refractivity contribution in [1.29, 1.82) is 0 Å². The molecule has 0 fully saturated rings. The molecule has 2 N–H and O–H groups in total. The Bertz CT molecular complexity index is 104. The van der Waals surface area contributed by atoms with E-state index in [1.165, 1.54) is 0 Å². The molecule has 0 atom stereocenters. The molecule has 0 aromatic heterocycles. The third kappa shape index (κ3) is 67.3. The average Bonchev–Trinajstić information content (AvgIpc) is 0.722. The second kappa shape index (κ2) is 9.84. The van der Waals surface area contributed by atoms with Crippen LogP contribution in [0.5, 0.6) is 0 Å². The van der Waals surface area contributed by atoms with Gasteiger partial charge in [0.1, 0.15) is 0 Å². The summed E-state index contributed by atoms with van der Waals surface area (Å²) >= 11 is 0. The van der Waals surface area contributed by atoms with Crippen molar-refractivity contribution in [2.24, 2.45) is 0 Å². The zero-order valence-corrected chi connectivity index (χ0v) is 12.8. The van der Waals surface area contributed by atoms with Crippen LogP contribution in [-0.2, 0) is 51.6 Å². The molecule has 0 amide bonds. The molecule has 0 bridgehead atoms. The van der Waals surface area contributed by atoms with Crippen LogP contribution in [0.2, 0.25) is 0 Å². The first kappa shape index (κ1) is 22.4. The van der Waals surface area contributed by atoms with E-state index in [4.69, 9.17) is 17.5 Å². The third-order valence-corrected chi connectivity index (χ3v) is 0. The average molecular weight is 251 g/mol. The van der Waals surface area contributed by atoms with Gasteiger partial charge in [0.25, 0.3) is 0 Å². The summed E-state index contributed by atoms with van der Waals surface area (Å²) in [5, 5.41) is 0. The van der Waals surface area contributed by atoms with E-state index in [0.717, 1.165) is 0 Å². The molecule has 0 unspecified atom stereocenters. The van der Waals surface area contributed by atoms with Gasteiger partial charge in [-0.05, 0) is 0 Å². The Kier molecular flexibility index (Phi) is 27.6. The molecule has 0 aliphatic rings. The molecule has 0 radical (unpaired) electrons. The summed E-state index contributed by atoms with van der Waals surface area (Å²) < 4.78 is 31.6. The van der Waals surface area contributed by atoms with Crippen molar-refractivity contribution in [2.75, 3.05) is 0 Å². The van der Waals surface area contributed by atoms with Crippen LogP contribution in [0.3, 0.4) is 0 Å². The topological polar surface area (TPSA) is 74.6 Å². The van der Waals surface area contributed by atoms with Crippen molar-refractivity contribution >= 4 is 10.4 Å². The van der Waals surface area contributed by atoms with Gasteiger partial charge in [0, 0.05) is 41.2 Å². The quantitative estimate of drug-likeness (QED) is 0.345. The molecule has 0 aromatic rings. The van der Waals surface area contributed by atoms with Crippen LogP contribution >= 0.6 is 0 Å². The maximum atomic E-state index is 8.74. The first-order chi connectivity index (χ1) is 2.00. The molecule has 8 heavy (non-hydrogen) atoms. The number of rotatable bonds is 0. The molecular weight excluding hydrogens is 248 g/mol. The fourth-order valence-corrected chi connectivity index (χ4v) is 0. The summed E-state index contributed by atoms with van der Waals surface area (Å²) in [4.78, 5) is 0. The fourth-order valence-electron chi connectivity index (χ4n) is 0. The van der Waals surface area contributed by atoms with Gasteiger partial charge in [0.05, 0.1) is 0 Å². The molecule has 0 heterocycles. The van der Waals surface area contributed by atoms with Crippen LogP contribution in [0, 0.1) is 0 Å². The summed E-state index contributed by atoms with van der Waals surface area (Å²) in [6.45, 7) is 0. The van der Waals surface area contributed by atoms with E-state index in [1.54, 1.807) is 0 Å². The smallest absolute Gasteiger partial charge is 1.00 e. The first-order valence-electron chi connectivity index (χ1n) is 0.698. The van der Waals surface area contributed by atoms with Crippen molar-refractivity contribution in [2.45, 2.75) is 0 Å². The van der Waals surface area contributed by atoms with E-state index in [1.807, 2.05) is 0 Å². The molecular formula is H3KO4STiZn. The van der Waals surface area contributed by atoms with Crippen molar-refractivity contribution in [3.8, 4) is 0 Å². The van der Waals surface area contributed by atoms with Gasteiger partial charge in [-0.15, -0.1) is 0 Å². The molecule has 0 aliphatic heterocycles. The SMILES string of the molecule is O=S(=O)(O)O.[H-].[K+].[Ti].[Zn]. The molecule has 8 heteroatoms. The molecule has 0 aromatic carbocycles. The summed E-state index contributed by atoms with van der Waals surface area (Å²) in [7, 11) is -4.67. The van der Waals surface area contributed by atoms with Crippen LogP contribution in [-0.4, -0.2) is 17.5 Å². The Hall–Kier alpha value is 2.84. The van der Waals surface area contributed by atoms with Crippen molar-refractivity contribution in [3.63, 3.8) is 0 Å². The van der Waals surface area contributed by atoms with Crippen LogP contribution < -0.4 is 51.4 Å². The van der Waals surface area contributed by atoms with E-state index in [0.29, 0.717) is 0 Å². The fraction of sp³-hybridized carbons (Fsp3) is 0. The monoisotopic (exact) mass is 250 g/mol. The van der Waals surface area contributed by atoms with E-state index < -0.39 is 10.4 Å². The van der Waals surface area contributed by atoms with Crippen LogP contribution in [0.1, 0.15) is 1.43 Å². The zero-order chi connectivity index (χ0) is 4.50. The van der Waals surface area contributed by atoms with Gasteiger partial charge in [-0.1, -0.05) is 0 Å². The molecule has 0 aliphatic carbocycles. The van der Waals surface area contributed by atoms with Gasteiger partial charge in [0.2, 0.25) is 0 Å². The molecule has 0 saturated heterocycles. The minimum Gasteiger partial charge on any atom is -1.00 e. The van der Waals surface area contributed by atoms with Crippen LogP contribution in [0.25, 0.3) is 0 Å². The third-order valence-electron chi connectivity index (χ3n) is 0. The van der Waals surface area contributed by atoms with E-state index >= 15 is 0 Å². The van der Waals surface area contributed by atoms with Gasteiger partial charge in [-0.25, -0.2) is 0 Å². The summed E-state index contributed by atoms with van der Waals surface area (Å²) in [6.07, 6.45) is 0. The predicted molar refractivity (Wildman–Crippen MR) is 15.3 cm³/mol. The Morgan fingerprint density at radius 1 is 1.25 bits per heavy atom. The second-order valence-electron chi connectivity index (χ2n) is 0.448. The van der Waals surface area contributed by atoms with Crippen LogP contribution in [0.15, 0.2) is 0 Å². The van der Waals surface area contributed by atoms with Crippen molar-refractivity contribution in [1.82, 2.24) is 0 Å². The predicted octanol–water partition coefficient (Wildman–Crippen LogP) is -3.54. The summed E-state index contributed by atoms with van der Waals surface area (Å²) in [5.41, 5.74) is 0. The normalized spacial score (nSPS) is 7.25. The minimum atomic E-state index is -4.67. The standard InChI is InChI=1S/K.H2O4S.Ti.Zn.H/c;1-5(2,3)4;;;/h;(H2,1,2,3,4);;;/q+1;;;;-1. The first-order valence-corrected chi connectivity index (χ1v) is 2.10. The molecule has 4 nitrogen and oxygen atoms in total. The van der Waals surface area contributed by atoms with Crippen LogP contribution in [0.4, 0.5) is 0 Å². The maximum Gasteiger partial charge on any atom is 1.00 e. The largest absolute Gasteiger partial charge is 1.00 e. The maximum absolute atomic E-state index is 8.74. The van der Waals surface area contributed by atoms with E-state index in [9.17, 15) is 0 Å². The van der Waals surface area contributed by atoms with Gasteiger partial charge in [-0.2, -0.15) is 8.42 Å². The molecule has 0 rings (SSSR count). The Morgan fingerprint density at radius 3 is 1.25 bits per heavy atom. The van der Waals surface area contributed by atoms with E-state index in [2.05, 4.69) is 0 Å². The molecule has 0 saturated carbocycles. The number of hydrogen-bond acceptors (Lipinski definition) is 2. The van der Waals surface area contributed by atoms with Gasteiger partial charge < -0.3 is 1.43 Å².